The van der Waals surface area contributed by atoms with E-state index >= 15 is 0 Å². The summed E-state index contributed by atoms with van der Waals surface area (Å²) < 4.78 is 5.72. The Morgan fingerprint density at radius 3 is 2.50 bits per heavy atom. The Morgan fingerprint density at radius 2 is 1.86 bits per heavy atom. The number of rotatable bonds is 9. The number of hydrogen-bond acceptors (Lipinski definition) is 4. The Morgan fingerprint density at radius 1 is 1.14 bits per heavy atom. The fourth-order valence-corrected chi connectivity index (χ4v) is 4.18. The number of hydrogen-bond donors (Lipinski definition) is 1. The quantitative estimate of drug-likeness (QED) is 0.363. The number of piperazine rings is 1. The van der Waals surface area contributed by atoms with Crippen LogP contribution in [0.4, 0.5) is 0 Å². The smallest absolute Gasteiger partial charge is 0.225 e. The SMILES string of the molecule is CN=C(NCCN1CCN(C(=O)C2CCCC2)CC1)N(C)CCOCC1CC1. The van der Waals surface area contributed by atoms with Gasteiger partial charge in [-0.15, -0.1) is 0 Å². The molecule has 1 amide bonds. The van der Waals surface area contributed by atoms with Gasteiger partial charge in [-0.25, -0.2) is 0 Å². The number of guanidine groups is 1. The summed E-state index contributed by atoms with van der Waals surface area (Å²) in [4.78, 5) is 23.6. The Labute approximate surface area is 170 Å². The van der Waals surface area contributed by atoms with Crippen molar-refractivity contribution in [3.8, 4) is 0 Å². The highest BCUT2D eigenvalue weighted by molar-refractivity contribution is 5.79. The van der Waals surface area contributed by atoms with Crippen LogP contribution in [0, 0.1) is 11.8 Å². The van der Waals surface area contributed by atoms with Crippen LogP contribution >= 0.6 is 0 Å². The molecule has 0 bridgehead atoms. The van der Waals surface area contributed by atoms with E-state index in [0.29, 0.717) is 11.8 Å². The molecule has 2 aliphatic carbocycles. The van der Waals surface area contributed by atoms with Gasteiger partial charge in [-0.3, -0.25) is 14.7 Å². The summed E-state index contributed by atoms with van der Waals surface area (Å²) >= 11 is 0. The third-order valence-electron chi connectivity index (χ3n) is 6.29. The lowest BCUT2D eigenvalue weighted by Gasteiger charge is -2.36. The van der Waals surface area contributed by atoms with Gasteiger partial charge in [-0.05, 0) is 31.6 Å². The zero-order valence-corrected chi connectivity index (χ0v) is 17.9. The monoisotopic (exact) mass is 393 g/mol. The summed E-state index contributed by atoms with van der Waals surface area (Å²) in [6.45, 7) is 8.08. The molecule has 0 aromatic rings. The summed E-state index contributed by atoms with van der Waals surface area (Å²) in [6.07, 6.45) is 7.32. The van der Waals surface area contributed by atoms with Gasteiger partial charge in [-0.1, -0.05) is 12.8 Å². The summed E-state index contributed by atoms with van der Waals surface area (Å²) in [7, 11) is 3.89. The summed E-state index contributed by atoms with van der Waals surface area (Å²) in [5.41, 5.74) is 0. The van der Waals surface area contributed by atoms with Gasteiger partial charge in [0.25, 0.3) is 0 Å². The van der Waals surface area contributed by atoms with Gasteiger partial charge in [0, 0.05) is 72.4 Å². The Kier molecular flexibility index (Phi) is 8.40. The van der Waals surface area contributed by atoms with Crippen LogP contribution in [0.5, 0.6) is 0 Å². The largest absolute Gasteiger partial charge is 0.379 e. The van der Waals surface area contributed by atoms with Gasteiger partial charge in [0.1, 0.15) is 0 Å². The average Bonchev–Trinajstić information content (AvgIpc) is 3.38. The average molecular weight is 394 g/mol. The molecule has 0 atom stereocenters. The number of ether oxygens (including phenoxy) is 1. The Balaban J connectivity index is 1.27. The van der Waals surface area contributed by atoms with Crippen LogP contribution in [-0.2, 0) is 9.53 Å². The highest BCUT2D eigenvalue weighted by atomic mass is 16.5. The number of nitrogens with one attached hydrogen (secondary N) is 1. The molecule has 3 fully saturated rings. The fraction of sp³-hybridized carbons (Fsp3) is 0.905. The van der Waals surface area contributed by atoms with Crippen LogP contribution in [0.25, 0.3) is 0 Å². The summed E-state index contributed by atoms with van der Waals surface area (Å²) in [5, 5.41) is 3.46. The molecule has 0 radical (unpaired) electrons. The standard InChI is InChI=1S/C21H39N5O2/c1-22-21(24(2)15-16-28-17-18-7-8-18)23-9-10-25-11-13-26(14-12-25)20(27)19-5-3-4-6-19/h18-19H,3-17H2,1-2H3,(H,22,23). The van der Waals surface area contributed by atoms with Crippen LogP contribution in [0.15, 0.2) is 4.99 Å². The van der Waals surface area contributed by atoms with Crippen LogP contribution in [0.3, 0.4) is 0 Å². The van der Waals surface area contributed by atoms with Crippen molar-refractivity contribution >= 4 is 11.9 Å². The van der Waals surface area contributed by atoms with Crippen LogP contribution < -0.4 is 5.32 Å². The Hall–Kier alpha value is -1.34. The molecule has 1 aliphatic heterocycles. The topological polar surface area (TPSA) is 60.4 Å². The van der Waals surface area contributed by atoms with Gasteiger partial charge >= 0.3 is 0 Å². The molecule has 2 saturated carbocycles. The maximum atomic E-state index is 12.5. The first-order valence-corrected chi connectivity index (χ1v) is 11.2. The predicted molar refractivity (Wildman–Crippen MR) is 113 cm³/mol. The molecule has 7 nitrogen and oxygen atoms in total. The van der Waals surface area contributed by atoms with E-state index in [-0.39, 0.29) is 0 Å². The minimum atomic E-state index is 0.306. The zero-order valence-electron chi connectivity index (χ0n) is 17.9. The summed E-state index contributed by atoms with van der Waals surface area (Å²) in [5.74, 6) is 2.45. The minimum Gasteiger partial charge on any atom is -0.379 e. The number of carbonyl (C=O) groups is 1. The van der Waals surface area contributed by atoms with E-state index in [1.165, 1.54) is 25.7 Å². The van der Waals surface area contributed by atoms with Crippen molar-refractivity contribution in [2.24, 2.45) is 16.8 Å². The zero-order chi connectivity index (χ0) is 19.8. The number of likely N-dealkylation sites (N-methyl/N-ethyl adjacent to an activating group) is 1. The van der Waals surface area contributed by atoms with Gasteiger partial charge < -0.3 is 19.9 Å². The molecule has 7 heteroatoms. The Bertz CT molecular complexity index is 509. The van der Waals surface area contributed by atoms with Crippen LogP contribution in [-0.4, -0.2) is 99.7 Å². The molecule has 1 saturated heterocycles. The van der Waals surface area contributed by atoms with E-state index in [1.54, 1.807) is 0 Å². The van der Waals surface area contributed by atoms with Crippen molar-refractivity contribution in [1.82, 2.24) is 20.0 Å². The normalized spacial score (nSPS) is 21.9. The third-order valence-corrected chi connectivity index (χ3v) is 6.29. The molecule has 1 N–H and O–H groups in total. The second-order valence-electron chi connectivity index (χ2n) is 8.56. The van der Waals surface area contributed by atoms with Gasteiger partial charge in [0.15, 0.2) is 5.96 Å². The van der Waals surface area contributed by atoms with E-state index in [4.69, 9.17) is 4.74 Å². The van der Waals surface area contributed by atoms with Crippen molar-refractivity contribution in [1.29, 1.82) is 0 Å². The first-order chi connectivity index (χ1) is 13.7. The van der Waals surface area contributed by atoms with Crippen molar-refractivity contribution in [3.05, 3.63) is 0 Å². The van der Waals surface area contributed by atoms with Crippen LogP contribution in [0.1, 0.15) is 38.5 Å². The molecule has 0 unspecified atom stereocenters. The lowest BCUT2D eigenvalue weighted by atomic mass is 10.1. The van der Waals surface area contributed by atoms with Crippen molar-refractivity contribution < 1.29 is 9.53 Å². The van der Waals surface area contributed by atoms with E-state index < -0.39 is 0 Å². The fourth-order valence-electron chi connectivity index (χ4n) is 4.18. The maximum absolute atomic E-state index is 12.5. The van der Waals surface area contributed by atoms with E-state index in [2.05, 4.69) is 32.1 Å². The molecular weight excluding hydrogens is 354 g/mol. The van der Waals surface area contributed by atoms with E-state index in [9.17, 15) is 4.79 Å². The highest BCUT2D eigenvalue weighted by Gasteiger charge is 2.29. The number of aliphatic imine (C=N–C) groups is 1. The second kappa shape index (κ2) is 11.0. The molecule has 28 heavy (non-hydrogen) atoms. The van der Waals surface area contributed by atoms with Crippen molar-refractivity contribution in [3.63, 3.8) is 0 Å². The number of carbonyl (C=O) groups excluding carboxylic acids is 1. The van der Waals surface area contributed by atoms with Crippen LogP contribution in [0.2, 0.25) is 0 Å². The molecule has 0 aromatic carbocycles. The minimum absolute atomic E-state index is 0.306. The first kappa shape index (κ1) is 21.4. The lowest BCUT2D eigenvalue weighted by Crippen LogP contribution is -2.52. The van der Waals surface area contributed by atoms with Crippen molar-refractivity contribution in [2.45, 2.75) is 38.5 Å². The molecular formula is C21H39N5O2. The van der Waals surface area contributed by atoms with Crippen molar-refractivity contribution in [2.75, 3.05) is 73.1 Å². The van der Waals surface area contributed by atoms with E-state index in [0.717, 1.165) is 83.7 Å². The van der Waals surface area contributed by atoms with Gasteiger partial charge in [0.2, 0.25) is 5.91 Å². The number of nitrogens with zero attached hydrogens (tertiary/aromatic N) is 4. The molecule has 1 heterocycles. The maximum Gasteiger partial charge on any atom is 0.225 e. The predicted octanol–water partition coefficient (Wildman–Crippen LogP) is 1.25. The summed E-state index contributed by atoms with van der Waals surface area (Å²) in [6, 6.07) is 0. The molecule has 3 rings (SSSR count). The van der Waals surface area contributed by atoms with E-state index in [1.807, 2.05) is 7.05 Å². The van der Waals surface area contributed by atoms with Gasteiger partial charge in [0.05, 0.1) is 6.61 Å². The lowest BCUT2D eigenvalue weighted by molar-refractivity contribution is -0.137. The molecule has 0 aromatic heterocycles. The molecule has 3 aliphatic rings. The van der Waals surface area contributed by atoms with Gasteiger partial charge in [-0.2, -0.15) is 0 Å². The molecule has 0 spiro atoms. The third kappa shape index (κ3) is 6.62. The number of amides is 1. The molecule has 160 valence electrons. The first-order valence-electron chi connectivity index (χ1n) is 11.2. The second-order valence-corrected chi connectivity index (χ2v) is 8.56. The highest BCUT2D eigenvalue weighted by Crippen LogP contribution is 2.28.